The summed E-state index contributed by atoms with van der Waals surface area (Å²) in [6.45, 7) is 5.14. The van der Waals surface area contributed by atoms with Gasteiger partial charge in [0.1, 0.15) is 11.5 Å². The third-order valence-electron chi connectivity index (χ3n) is 4.61. The van der Waals surface area contributed by atoms with Crippen LogP contribution in [0.5, 0.6) is 11.5 Å². The number of carbonyl (C=O) groups excluding carboxylic acids is 3. The summed E-state index contributed by atoms with van der Waals surface area (Å²) in [6.07, 6.45) is 0. The molecule has 0 saturated carbocycles. The highest BCUT2D eigenvalue weighted by atomic mass is 16.5. The van der Waals surface area contributed by atoms with Crippen molar-refractivity contribution in [1.29, 1.82) is 0 Å². The van der Waals surface area contributed by atoms with Gasteiger partial charge in [-0.3, -0.25) is 14.4 Å². The topological polar surface area (TPSA) is 93.7 Å². The molecule has 3 aromatic rings. The van der Waals surface area contributed by atoms with Gasteiger partial charge in [0.05, 0.1) is 0 Å². The third-order valence-corrected chi connectivity index (χ3v) is 4.61. The molecule has 0 heterocycles. The second-order valence-corrected chi connectivity index (χ2v) is 7.24. The highest BCUT2D eigenvalue weighted by Gasteiger charge is 2.10. The van der Waals surface area contributed by atoms with Gasteiger partial charge < -0.3 is 20.1 Å². The number of carbonyl (C=O) groups is 3. The second-order valence-electron chi connectivity index (χ2n) is 7.24. The number of hydrogen-bond donors (Lipinski definition) is 2. The molecule has 0 bridgehead atoms. The Balaban J connectivity index is 1.58. The molecule has 164 valence electrons. The quantitative estimate of drug-likeness (QED) is 0.424. The molecular formula is C25H24N2O5. The molecule has 2 N–H and O–H groups in total. The largest absolute Gasteiger partial charge is 0.484 e. The van der Waals surface area contributed by atoms with E-state index in [1.807, 2.05) is 32.0 Å². The number of rotatable bonds is 7. The first-order valence-electron chi connectivity index (χ1n) is 10.00. The van der Waals surface area contributed by atoms with Crippen LogP contribution in [-0.2, 0) is 9.59 Å². The molecule has 0 fully saturated rings. The lowest BCUT2D eigenvalue weighted by Crippen LogP contribution is -2.20. The van der Waals surface area contributed by atoms with Crippen LogP contribution in [0.2, 0.25) is 0 Å². The van der Waals surface area contributed by atoms with E-state index in [0.717, 1.165) is 11.1 Å². The Morgan fingerprint density at radius 1 is 0.781 bits per heavy atom. The Bertz CT molecular complexity index is 1160. The summed E-state index contributed by atoms with van der Waals surface area (Å²) < 4.78 is 10.6. The number of aryl methyl sites for hydroxylation is 2. The molecule has 0 aliphatic carbocycles. The van der Waals surface area contributed by atoms with E-state index in [1.165, 1.54) is 13.0 Å². The fourth-order valence-corrected chi connectivity index (χ4v) is 2.89. The van der Waals surface area contributed by atoms with Crippen LogP contribution in [0.15, 0.2) is 66.7 Å². The van der Waals surface area contributed by atoms with E-state index in [2.05, 4.69) is 10.6 Å². The van der Waals surface area contributed by atoms with E-state index < -0.39 is 5.97 Å². The highest BCUT2D eigenvalue weighted by molar-refractivity contribution is 6.05. The van der Waals surface area contributed by atoms with Crippen molar-refractivity contribution in [2.45, 2.75) is 20.8 Å². The van der Waals surface area contributed by atoms with Gasteiger partial charge in [-0.2, -0.15) is 0 Å². The second kappa shape index (κ2) is 10.3. The monoisotopic (exact) mass is 432 g/mol. The molecule has 7 heteroatoms. The zero-order valence-corrected chi connectivity index (χ0v) is 18.1. The van der Waals surface area contributed by atoms with E-state index in [9.17, 15) is 14.4 Å². The molecule has 7 nitrogen and oxygen atoms in total. The number of benzene rings is 3. The van der Waals surface area contributed by atoms with Crippen LogP contribution < -0.4 is 20.1 Å². The minimum absolute atomic E-state index is 0.137. The third kappa shape index (κ3) is 6.43. The molecule has 0 spiro atoms. The van der Waals surface area contributed by atoms with Crippen LogP contribution in [0.1, 0.15) is 28.4 Å². The Morgan fingerprint density at radius 2 is 1.50 bits per heavy atom. The normalized spacial score (nSPS) is 10.2. The van der Waals surface area contributed by atoms with E-state index in [1.54, 1.807) is 42.5 Å². The zero-order chi connectivity index (χ0) is 23.1. The maximum absolute atomic E-state index is 12.5. The van der Waals surface area contributed by atoms with Crippen molar-refractivity contribution in [2.75, 3.05) is 17.2 Å². The van der Waals surface area contributed by atoms with Crippen LogP contribution in [0.4, 0.5) is 11.4 Å². The molecule has 0 aromatic heterocycles. The number of nitrogens with one attached hydrogen (secondary N) is 2. The maximum Gasteiger partial charge on any atom is 0.308 e. The van der Waals surface area contributed by atoms with Crippen molar-refractivity contribution in [2.24, 2.45) is 0 Å². The first-order chi connectivity index (χ1) is 15.3. The van der Waals surface area contributed by atoms with Crippen LogP contribution in [0, 0.1) is 13.8 Å². The van der Waals surface area contributed by atoms with Gasteiger partial charge in [0.15, 0.2) is 6.61 Å². The smallest absolute Gasteiger partial charge is 0.308 e. The van der Waals surface area contributed by atoms with Crippen molar-refractivity contribution in [3.05, 3.63) is 83.4 Å². The Labute approximate surface area is 186 Å². The lowest BCUT2D eigenvalue weighted by Gasteiger charge is -2.11. The average molecular weight is 432 g/mol. The van der Waals surface area contributed by atoms with E-state index in [0.29, 0.717) is 22.7 Å². The molecule has 0 aliphatic rings. The molecule has 0 atom stereocenters. The van der Waals surface area contributed by atoms with Crippen molar-refractivity contribution in [3.8, 4) is 11.5 Å². The molecule has 2 amide bonds. The molecular weight excluding hydrogens is 408 g/mol. The van der Waals surface area contributed by atoms with Crippen LogP contribution in [-0.4, -0.2) is 24.4 Å². The number of hydrogen-bond acceptors (Lipinski definition) is 5. The van der Waals surface area contributed by atoms with Crippen molar-refractivity contribution < 1.29 is 23.9 Å². The SMILES string of the molecule is CC(=O)Oc1cccc(C(=O)Nc2cccc(NC(=O)COc3ccc(C)c(C)c3)c2)c1. The van der Waals surface area contributed by atoms with E-state index in [-0.39, 0.29) is 24.2 Å². The number of esters is 1. The summed E-state index contributed by atoms with van der Waals surface area (Å²) in [4.78, 5) is 35.9. The van der Waals surface area contributed by atoms with Gasteiger partial charge in [-0.25, -0.2) is 0 Å². The summed E-state index contributed by atoms with van der Waals surface area (Å²) in [5.41, 5.74) is 3.59. The number of anilines is 2. The van der Waals surface area contributed by atoms with E-state index >= 15 is 0 Å². The molecule has 0 radical (unpaired) electrons. The van der Waals surface area contributed by atoms with Crippen LogP contribution in [0.25, 0.3) is 0 Å². The van der Waals surface area contributed by atoms with Gasteiger partial charge in [0.25, 0.3) is 11.8 Å². The predicted molar refractivity (Wildman–Crippen MR) is 122 cm³/mol. The molecule has 0 unspecified atom stereocenters. The van der Waals surface area contributed by atoms with Crippen LogP contribution in [0.3, 0.4) is 0 Å². The molecule has 3 aromatic carbocycles. The summed E-state index contributed by atoms with van der Waals surface area (Å²) in [7, 11) is 0. The minimum Gasteiger partial charge on any atom is -0.484 e. The van der Waals surface area contributed by atoms with Crippen LogP contribution >= 0.6 is 0 Å². The standard InChI is InChI=1S/C25H24N2O5/c1-16-10-11-22(12-17(16)2)31-15-24(29)26-20-7-5-8-21(14-20)27-25(30)19-6-4-9-23(13-19)32-18(3)28/h4-14H,15H2,1-3H3,(H,26,29)(H,27,30). The highest BCUT2D eigenvalue weighted by Crippen LogP contribution is 2.19. The lowest BCUT2D eigenvalue weighted by atomic mass is 10.1. The number of amides is 2. The minimum atomic E-state index is -0.465. The molecule has 0 saturated heterocycles. The van der Waals surface area contributed by atoms with Gasteiger partial charge in [0, 0.05) is 23.9 Å². The summed E-state index contributed by atoms with van der Waals surface area (Å²) in [6, 6.07) is 18.7. The van der Waals surface area contributed by atoms with Gasteiger partial charge in [-0.15, -0.1) is 0 Å². The summed E-state index contributed by atoms with van der Waals surface area (Å²) in [5, 5.41) is 5.51. The van der Waals surface area contributed by atoms with Crippen molar-refractivity contribution >= 4 is 29.2 Å². The summed E-state index contributed by atoms with van der Waals surface area (Å²) in [5.74, 6) is -0.246. The first-order valence-corrected chi connectivity index (χ1v) is 10.00. The van der Waals surface area contributed by atoms with Gasteiger partial charge in [-0.05, 0) is 73.5 Å². The zero-order valence-electron chi connectivity index (χ0n) is 18.1. The Kier molecular flexibility index (Phi) is 7.23. The van der Waals surface area contributed by atoms with Crippen molar-refractivity contribution in [3.63, 3.8) is 0 Å². The number of ether oxygens (including phenoxy) is 2. The molecule has 0 aliphatic heterocycles. The first kappa shape index (κ1) is 22.6. The Hall–Kier alpha value is -4.13. The molecule has 3 rings (SSSR count). The average Bonchev–Trinajstić information content (AvgIpc) is 2.74. The lowest BCUT2D eigenvalue weighted by molar-refractivity contribution is -0.131. The predicted octanol–water partition coefficient (Wildman–Crippen LogP) is 4.50. The maximum atomic E-state index is 12.5. The van der Waals surface area contributed by atoms with E-state index in [4.69, 9.17) is 9.47 Å². The fraction of sp³-hybridized carbons (Fsp3) is 0.160. The van der Waals surface area contributed by atoms with Gasteiger partial charge in [-0.1, -0.05) is 18.2 Å². The summed E-state index contributed by atoms with van der Waals surface area (Å²) >= 11 is 0. The fourth-order valence-electron chi connectivity index (χ4n) is 2.89. The molecule has 32 heavy (non-hydrogen) atoms. The van der Waals surface area contributed by atoms with Gasteiger partial charge >= 0.3 is 5.97 Å². The van der Waals surface area contributed by atoms with Crippen molar-refractivity contribution in [1.82, 2.24) is 0 Å². The Morgan fingerprint density at radius 3 is 2.22 bits per heavy atom. The van der Waals surface area contributed by atoms with Gasteiger partial charge in [0.2, 0.25) is 0 Å².